The number of carbonyl (C=O) groups is 3. The second kappa shape index (κ2) is 7.57. The summed E-state index contributed by atoms with van der Waals surface area (Å²) < 4.78 is 10.3. The van der Waals surface area contributed by atoms with Crippen LogP contribution in [0.25, 0.3) is 0 Å². The highest BCUT2D eigenvalue weighted by Gasteiger charge is 2.57. The normalized spacial score (nSPS) is 18.2. The average Bonchev–Trinajstić information content (AvgIpc) is 2.85. The number of ether oxygens (including phenoxy) is 2. The van der Waals surface area contributed by atoms with Gasteiger partial charge in [0, 0.05) is 4.92 Å². The number of para-hydroxylation sites is 1. The number of imide groups is 1. The van der Waals surface area contributed by atoms with E-state index in [1.54, 1.807) is 45.9 Å². The van der Waals surface area contributed by atoms with Gasteiger partial charge in [-0.3, -0.25) is 19.7 Å². The zero-order valence-electron chi connectivity index (χ0n) is 16.6. The third-order valence-corrected chi connectivity index (χ3v) is 4.37. The zero-order valence-corrected chi connectivity index (χ0v) is 16.6. The highest BCUT2D eigenvalue weighted by Crippen LogP contribution is 2.48. The van der Waals surface area contributed by atoms with Gasteiger partial charge >= 0.3 is 12.1 Å². The van der Waals surface area contributed by atoms with Crippen LogP contribution in [0.1, 0.15) is 46.1 Å². The molecule has 2 atom stereocenters. The summed E-state index contributed by atoms with van der Waals surface area (Å²) in [5.41, 5.74) is -2.06. The van der Waals surface area contributed by atoms with Gasteiger partial charge in [0.1, 0.15) is 11.0 Å². The summed E-state index contributed by atoms with van der Waals surface area (Å²) in [6, 6.07) is 6.37. The largest absolute Gasteiger partial charge is 0.465 e. The van der Waals surface area contributed by atoms with Crippen molar-refractivity contribution in [2.75, 3.05) is 18.1 Å². The first kappa shape index (κ1) is 21.3. The molecule has 2 rings (SSSR count). The van der Waals surface area contributed by atoms with Crippen LogP contribution in [0.2, 0.25) is 0 Å². The molecule has 2 unspecified atom stereocenters. The van der Waals surface area contributed by atoms with E-state index in [1.807, 2.05) is 0 Å². The minimum absolute atomic E-state index is 0.00444. The average molecular weight is 392 g/mol. The number of carbonyl (C=O) groups excluding carboxylic acids is 3. The number of esters is 1. The quantitative estimate of drug-likeness (QED) is 0.430. The maximum atomic E-state index is 13.2. The van der Waals surface area contributed by atoms with E-state index in [1.165, 1.54) is 13.0 Å². The van der Waals surface area contributed by atoms with Gasteiger partial charge in [-0.25, -0.2) is 9.69 Å². The van der Waals surface area contributed by atoms with Crippen LogP contribution < -0.4 is 4.90 Å². The van der Waals surface area contributed by atoms with Crippen molar-refractivity contribution in [2.45, 2.75) is 46.1 Å². The summed E-state index contributed by atoms with van der Waals surface area (Å²) in [7, 11) is 0. The second-order valence-electron chi connectivity index (χ2n) is 7.77. The molecular formula is C19H24N2O7. The summed E-state index contributed by atoms with van der Waals surface area (Å²) >= 11 is 0. The highest BCUT2D eigenvalue weighted by atomic mass is 16.6. The third kappa shape index (κ3) is 3.97. The standard InChI is InChI=1S/C19H24N2O7/c1-6-27-16(23)19(5,11-20(25)26)14-12-9-7-8-10-13(12)21(15(14)22)17(24)28-18(2,3)4/h7-10,14H,6,11H2,1-5H3. The van der Waals surface area contributed by atoms with E-state index < -0.39 is 46.4 Å². The van der Waals surface area contributed by atoms with Crippen molar-refractivity contribution >= 4 is 23.7 Å². The van der Waals surface area contributed by atoms with Crippen LogP contribution in [0.4, 0.5) is 10.5 Å². The lowest BCUT2D eigenvalue weighted by Gasteiger charge is -2.29. The Morgan fingerprint density at radius 3 is 2.36 bits per heavy atom. The Balaban J connectivity index is 2.58. The van der Waals surface area contributed by atoms with Crippen LogP contribution in [0.5, 0.6) is 0 Å². The monoisotopic (exact) mass is 392 g/mol. The predicted octanol–water partition coefficient (Wildman–Crippen LogP) is 2.90. The fourth-order valence-corrected chi connectivity index (χ4v) is 3.27. The first-order chi connectivity index (χ1) is 12.9. The van der Waals surface area contributed by atoms with Crippen LogP contribution >= 0.6 is 0 Å². The molecule has 0 bridgehead atoms. The Kier molecular flexibility index (Phi) is 5.77. The number of nitro groups is 1. The van der Waals surface area contributed by atoms with Gasteiger partial charge in [0.05, 0.1) is 18.2 Å². The molecule has 1 aromatic rings. The Labute approximate surface area is 162 Å². The van der Waals surface area contributed by atoms with Crippen molar-refractivity contribution < 1.29 is 28.8 Å². The molecule has 1 heterocycles. The fraction of sp³-hybridized carbons (Fsp3) is 0.526. The number of hydrogen-bond donors (Lipinski definition) is 0. The van der Waals surface area contributed by atoms with Crippen LogP contribution in [0.3, 0.4) is 0 Å². The Hall–Kier alpha value is -2.97. The maximum Gasteiger partial charge on any atom is 0.421 e. The number of fused-ring (bicyclic) bond motifs is 1. The van der Waals surface area contributed by atoms with Gasteiger partial charge in [-0.1, -0.05) is 18.2 Å². The van der Waals surface area contributed by atoms with E-state index in [9.17, 15) is 24.5 Å². The molecule has 0 saturated heterocycles. The van der Waals surface area contributed by atoms with E-state index in [0.29, 0.717) is 5.56 Å². The molecular weight excluding hydrogens is 368 g/mol. The summed E-state index contributed by atoms with van der Waals surface area (Å²) in [6.07, 6.45) is -0.903. The summed E-state index contributed by atoms with van der Waals surface area (Å²) in [5.74, 6) is -2.88. The molecule has 1 aliphatic heterocycles. The van der Waals surface area contributed by atoms with Crippen molar-refractivity contribution in [3.05, 3.63) is 39.9 Å². The molecule has 9 heteroatoms. The van der Waals surface area contributed by atoms with Crippen molar-refractivity contribution in [2.24, 2.45) is 5.41 Å². The SMILES string of the molecule is CCOC(=O)C(C)(C[N+](=O)[O-])C1C(=O)N(C(=O)OC(C)(C)C)c2ccccc21. The summed E-state index contributed by atoms with van der Waals surface area (Å²) in [4.78, 5) is 50.0. The predicted molar refractivity (Wildman–Crippen MR) is 99.5 cm³/mol. The minimum Gasteiger partial charge on any atom is -0.465 e. The van der Waals surface area contributed by atoms with E-state index in [2.05, 4.69) is 0 Å². The van der Waals surface area contributed by atoms with Gasteiger partial charge in [-0.05, 0) is 46.2 Å². The topological polar surface area (TPSA) is 116 Å². The molecule has 0 spiro atoms. The lowest BCUT2D eigenvalue weighted by molar-refractivity contribution is -0.494. The zero-order chi connectivity index (χ0) is 21.3. The minimum atomic E-state index is -1.79. The highest BCUT2D eigenvalue weighted by molar-refractivity contribution is 6.20. The molecule has 1 aromatic carbocycles. The molecule has 2 amide bonds. The Morgan fingerprint density at radius 2 is 1.82 bits per heavy atom. The second-order valence-corrected chi connectivity index (χ2v) is 7.77. The lowest BCUT2D eigenvalue weighted by atomic mass is 9.73. The molecule has 0 radical (unpaired) electrons. The first-order valence-electron chi connectivity index (χ1n) is 8.87. The van der Waals surface area contributed by atoms with Crippen LogP contribution in [-0.2, 0) is 19.1 Å². The number of rotatable bonds is 5. The molecule has 9 nitrogen and oxygen atoms in total. The third-order valence-electron chi connectivity index (χ3n) is 4.37. The lowest BCUT2D eigenvalue weighted by Crippen LogP contribution is -2.47. The van der Waals surface area contributed by atoms with E-state index in [0.717, 1.165) is 4.90 Å². The van der Waals surface area contributed by atoms with E-state index >= 15 is 0 Å². The summed E-state index contributed by atoms with van der Waals surface area (Å²) in [6.45, 7) is 7.04. The summed E-state index contributed by atoms with van der Waals surface area (Å²) in [5, 5.41) is 11.3. The molecule has 0 aromatic heterocycles. The number of benzene rings is 1. The van der Waals surface area contributed by atoms with Gasteiger partial charge in [0.15, 0.2) is 0 Å². The van der Waals surface area contributed by atoms with Gasteiger partial charge in [0.2, 0.25) is 12.5 Å². The number of amides is 2. The maximum absolute atomic E-state index is 13.2. The van der Waals surface area contributed by atoms with Crippen molar-refractivity contribution in [1.29, 1.82) is 0 Å². The van der Waals surface area contributed by atoms with Crippen molar-refractivity contribution in [3.8, 4) is 0 Å². The van der Waals surface area contributed by atoms with Gasteiger partial charge in [-0.15, -0.1) is 0 Å². The number of nitrogens with zero attached hydrogens (tertiary/aromatic N) is 2. The first-order valence-corrected chi connectivity index (χ1v) is 8.87. The number of anilines is 1. The molecule has 0 fully saturated rings. The number of hydrogen-bond acceptors (Lipinski definition) is 7. The molecule has 28 heavy (non-hydrogen) atoms. The van der Waals surface area contributed by atoms with Crippen LogP contribution in [0.15, 0.2) is 24.3 Å². The molecule has 0 aliphatic carbocycles. The molecule has 0 saturated carbocycles. The van der Waals surface area contributed by atoms with Gasteiger partial charge < -0.3 is 9.47 Å². The van der Waals surface area contributed by atoms with Gasteiger partial charge in [-0.2, -0.15) is 0 Å². The Morgan fingerprint density at radius 1 is 1.21 bits per heavy atom. The smallest absolute Gasteiger partial charge is 0.421 e. The van der Waals surface area contributed by atoms with Crippen molar-refractivity contribution in [1.82, 2.24) is 0 Å². The Bertz CT molecular complexity index is 815. The molecule has 1 aliphatic rings. The fourth-order valence-electron chi connectivity index (χ4n) is 3.27. The molecule has 152 valence electrons. The van der Waals surface area contributed by atoms with E-state index in [-0.39, 0.29) is 12.3 Å². The van der Waals surface area contributed by atoms with Crippen molar-refractivity contribution in [3.63, 3.8) is 0 Å². The van der Waals surface area contributed by atoms with Gasteiger partial charge in [0.25, 0.3) is 0 Å². The van der Waals surface area contributed by atoms with E-state index in [4.69, 9.17) is 9.47 Å². The van der Waals surface area contributed by atoms with Crippen LogP contribution in [0, 0.1) is 15.5 Å². The molecule has 0 N–H and O–H groups in total. The van der Waals surface area contributed by atoms with Crippen LogP contribution in [-0.4, -0.2) is 41.6 Å².